The molecular weight excluding hydrogens is 496 g/mol. The first-order valence-electron chi connectivity index (χ1n) is 14.2. The van der Waals surface area contributed by atoms with Crippen LogP contribution in [0.4, 0.5) is 4.79 Å². The van der Waals surface area contributed by atoms with Crippen molar-refractivity contribution >= 4 is 23.8 Å². The molecule has 4 rings (SSSR count). The van der Waals surface area contributed by atoms with Gasteiger partial charge in [0.1, 0.15) is 11.6 Å². The van der Waals surface area contributed by atoms with Gasteiger partial charge in [-0.1, -0.05) is 48.9 Å². The van der Waals surface area contributed by atoms with E-state index in [2.05, 4.69) is 22.0 Å². The van der Waals surface area contributed by atoms with Gasteiger partial charge in [-0.3, -0.25) is 14.4 Å². The average molecular weight is 539 g/mol. The van der Waals surface area contributed by atoms with Crippen LogP contribution < -0.4 is 16.0 Å². The lowest BCUT2D eigenvalue weighted by molar-refractivity contribution is -0.146. The van der Waals surface area contributed by atoms with Gasteiger partial charge in [0.05, 0.1) is 0 Å². The van der Waals surface area contributed by atoms with Crippen molar-refractivity contribution in [3.63, 3.8) is 0 Å². The molecule has 1 saturated heterocycles. The number of hydrogen-bond donors (Lipinski definition) is 3. The van der Waals surface area contributed by atoms with E-state index < -0.39 is 29.3 Å². The summed E-state index contributed by atoms with van der Waals surface area (Å²) in [7, 11) is 0. The summed E-state index contributed by atoms with van der Waals surface area (Å²) >= 11 is 0. The summed E-state index contributed by atoms with van der Waals surface area (Å²) in [6.45, 7) is 6.32. The molecular formula is C30H42N4O5. The van der Waals surface area contributed by atoms with Crippen molar-refractivity contribution in [1.29, 1.82) is 0 Å². The van der Waals surface area contributed by atoms with Crippen molar-refractivity contribution in [2.45, 2.75) is 102 Å². The summed E-state index contributed by atoms with van der Waals surface area (Å²) in [5.41, 5.74) is -0.548. The van der Waals surface area contributed by atoms with Gasteiger partial charge in [0.15, 0.2) is 6.10 Å². The highest BCUT2D eigenvalue weighted by atomic mass is 16.6. The first kappa shape index (κ1) is 28.6. The molecule has 1 aromatic rings. The molecule has 2 aliphatic heterocycles. The molecule has 0 aromatic heterocycles. The first-order chi connectivity index (χ1) is 18.6. The van der Waals surface area contributed by atoms with Crippen LogP contribution >= 0.6 is 0 Å². The van der Waals surface area contributed by atoms with Crippen LogP contribution in [-0.2, 0) is 25.7 Å². The Kier molecular flexibility index (Phi) is 8.97. The smallest absolute Gasteiger partial charge is 0.408 e. The zero-order valence-corrected chi connectivity index (χ0v) is 23.3. The zero-order chi connectivity index (χ0) is 28.0. The summed E-state index contributed by atoms with van der Waals surface area (Å²) in [5, 5.41) is 8.79. The van der Waals surface area contributed by atoms with Gasteiger partial charge in [-0.05, 0) is 71.3 Å². The quantitative estimate of drug-likeness (QED) is 0.507. The number of amides is 4. The molecule has 1 aromatic carbocycles. The van der Waals surface area contributed by atoms with E-state index in [1.807, 2.05) is 57.2 Å². The fourth-order valence-corrected chi connectivity index (χ4v) is 5.44. The van der Waals surface area contributed by atoms with E-state index in [-0.39, 0.29) is 23.6 Å². The Hall–Kier alpha value is -3.36. The molecule has 39 heavy (non-hydrogen) atoms. The maximum absolute atomic E-state index is 13.6. The van der Waals surface area contributed by atoms with Gasteiger partial charge in [0.25, 0.3) is 5.91 Å². The molecule has 1 saturated carbocycles. The van der Waals surface area contributed by atoms with Crippen LogP contribution in [0.15, 0.2) is 42.5 Å². The molecule has 2 fully saturated rings. The minimum absolute atomic E-state index is 0.0925. The van der Waals surface area contributed by atoms with Gasteiger partial charge in [0, 0.05) is 24.5 Å². The van der Waals surface area contributed by atoms with E-state index in [0.29, 0.717) is 38.8 Å². The first-order valence-corrected chi connectivity index (χ1v) is 14.2. The predicted octanol–water partition coefficient (Wildman–Crippen LogP) is 3.58. The predicted molar refractivity (Wildman–Crippen MR) is 147 cm³/mol. The molecule has 0 spiro atoms. The molecule has 4 unspecified atom stereocenters. The standard InChI is InChI=1S/C30H42N4O5/c1-29(2,3)33-28(38)39-24-17-11-6-4-5-10-15-22-19-30(22,27(37)31-20-21-13-8-7-9-14-21)32-25(35)23-16-12-18-34(23)26(24)36/h7-10,13-15,22-24H,4-6,11-12,16-20H2,1-3H3,(H,31,37)(H,32,35)(H,33,38). The highest BCUT2D eigenvalue weighted by Crippen LogP contribution is 2.45. The van der Waals surface area contributed by atoms with Gasteiger partial charge in [0.2, 0.25) is 11.8 Å². The van der Waals surface area contributed by atoms with Crippen LogP contribution in [0.25, 0.3) is 0 Å². The summed E-state index contributed by atoms with van der Waals surface area (Å²) < 4.78 is 5.62. The van der Waals surface area contributed by atoms with Gasteiger partial charge in [-0.25, -0.2) is 4.79 Å². The fourth-order valence-electron chi connectivity index (χ4n) is 5.44. The third-order valence-electron chi connectivity index (χ3n) is 7.61. The maximum atomic E-state index is 13.6. The van der Waals surface area contributed by atoms with E-state index in [4.69, 9.17) is 4.74 Å². The zero-order valence-electron chi connectivity index (χ0n) is 23.3. The molecule has 2 heterocycles. The Balaban J connectivity index is 1.51. The van der Waals surface area contributed by atoms with Gasteiger partial charge >= 0.3 is 6.09 Å². The molecule has 9 nitrogen and oxygen atoms in total. The Morgan fingerprint density at radius 3 is 2.59 bits per heavy atom. The van der Waals surface area contributed by atoms with E-state index >= 15 is 0 Å². The summed E-state index contributed by atoms with van der Waals surface area (Å²) in [6.07, 6.45) is 7.99. The van der Waals surface area contributed by atoms with Crippen molar-refractivity contribution in [3.8, 4) is 0 Å². The molecule has 1 aliphatic carbocycles. The molecule has 4 amide bonds. The molecule has 3 N–H and O–H groups in total. The number of ether oxygens (including phenoxy) is 1. The van der Waals surface area contributed by atoms with Crippen LogP contribution in [-0.4, -0.2) is 58.5 Å². The number of rotatable bonds is 4. The molecule has 4 atom stereocenters. The van der Waals surface area contributed by atoms with Crippen LogP contribution in [0.5, 0.6) is 0 Å². The Bertz CT molecular complexity index is 1080. The normalized spacial score (nSPS) is 27.8. The van der Waals surface area contributed by atoms with Gasteiger partial charge < -0.3 is 25.6 Å². The maximum Gasteiger partial charge on any atom is 0.408 e. The van der Waals surface area contributed by atoms with E-state index in [1.54, 1.807) is 0 Å². The molecule has 0 radical (unpaired) electrons. The minimum Gasteiger partial charge on any atom is -0.436 e. The van der Waals surface area contributed by atoms with Crippen molar-refractivity contribution < 1.29 is 23.9 Å². The minimum atomic E-state index is -1.03. The number of alkyl carbamates (subject to hydrolysis) is 1. The number of fused-ring (bicyclic) bond motifs is 2. The third kappa shape index (κ3) is 7.40. The lowest BCUT2D eigenvalue weighted by Gasteiger charge is -2.30. The number of carbonyl (C=O) groups is 4. The van der Waals surface area contributed by atoms with E-state index in [1.165, 1.54) is 4.90 Å². The number of allylic oxidation sites excluding steroid dienone is 1. The lowest BCUT2D eigenvalue weighted by Crippen LogP contribution is -2.56. The van der Waals surface area contributed by atoms with Gasteiger partial charge in [-0.15, -0.1) is 0 Å². The Morgan fingerprint density at radius 2 is 1.85 bits per heavy atom. The number of nitrogens with zero attached hydrogens (tertiary/aromatic N) is 1. The largest absolute Gasteiger partial charge is 0.436 e. The highest BCUT2D eigenvalue weighted by molar-refractivity contribution is 5.98. The highest BCUT2D eigenvalue weighted by Gasteiger charge is 2.60. The SMILES string of the molecule is CC(C)(C)NC(=O)OC1CCCCCC=CC2CC2(C(=O)NCc2ccccc2)NC(=O)C2CCCN2C1=O. The summed E-state index contributed by atoms with van der Waals surface area (Å²) in [5.74, 6) is -0.987. The average Bonchev–Trinajstić information content (AvgIpc) is 3.34. The topological polar surface area (TPSA) is 117 Å². The summed E-state index contributed by atoms with van der Waals surface area (Å²) in [4.78, 5) is 54.7. The Labute approximate surface area is 231 Å². The summed E-state index contributed by atoms with van der Waals surface area (Å²) in [6, 6.07) is 8.95. The second-order valence-corrected chi connectivity index (χ2v) is 12.0. The van der Waals surface area contributed by atoms with Crippen molar-refractivity contribution in [2.75, 3.05) is 6.54 Å². The fraction of sp³-hybridized carbons (Fsp3) is 0.600. The second-order valence-electron chi connectivity index (χ2n) is 12.0. The lowest BCUT2D eigenvalue weighted by atomic mass is 10.1. The molecule has 3 aliphatic rings. The number of nitrogens with one attached hydrogen (secondary N) is 3. The monoisotopic (exact) mass is 538 g/mol. The van der Waals surface area contributed by atoms with E-state index in [0.717, 1.165) is 31.2 Å². The molecule has 0 bridgehead atoms. The van der Waals surface area contributed by atoms with Crippen LogP contribution in [0.3, 0.4) is 0 Å². The third-order valence-corrected chi connectivity index (χ3v) is 7.61. The van der Waals surface area contributed by atoms with Crippen molar-refractivity contribution in [2.24, 2.45) is 5.92 Å². The number of carbonyl (C=O) groups excluding carboxylic acids is 4. The van der Waals surface area contributed by atoms with Crippen molar-refractivity contribution in [1.82, 2.24) is 20.9 Å². The number of benzene rings is 1. The van der Waals surface area contributed by atoms with Crippen LogP contribution in [0.2, 0.25) is 0 Å². The Morgan fingerprint density at radius 1 is 1.08 bits per heavy atom. The van der Waals surface area contributed by atoms with Crippen LogP contribution in [0, 0.1) is 5.92 Å². The van der Waals surface area contributed by atoms with Crippen molar-refractivity contribution in [3.05, 3.63) is 48.0 Å². The number of hydrogen-bond acceptors (Lipinski definition) is 5. The van der Waals surface area contributed by atoms with Gasteiger partial charge in [-0.2, -0.15) is 0 Å². The molecule has 9 heteroatoms. The van der Waals surface area contributed by atoms with Crippen LogP contribution in [0.1, 0.15) is 77.7 Å². The van der Waals surface area contributed by atoms with E-state index in [9.17, 15) is 19.2 Å². The molecule has 212 valence electrons. The second kappa shape index (κ2) is 12.2.